The van der Waals surface area contributed by atoms with Crippen molar-refractivity contribution in [2.45, 2.75) is 32.5 Å². The lowest BCUT2D eigenvalue weighted by Crippen LogP contribution is -2.44. The van der Waals surface area contributed by atoms with E-state index in [1.54, 1.807) is 17.2 Å². The maximum Gasteiger partial charge on any atom is 0.410 e. The summed E-state index contributed by atoms with van der Waals surface area (Å²) in [5.74, 6) is 0. The van der Waals surface area contributed by atoms with Crippen LogP contribution in [0.3, 0.4) is 0 Å². The van der Waals surface area contributed by atoms with Crippen LogP contribution in [0.2, 0.25) is 0 Å². The van der Waals surface area contributed by atoms with Crippen LogP contribution in [0.1, 0.15) is 32.6 Å². The molecule has 1 amide bonds. The van der Waals surface area contributed by atoms with Crippen molar-refractivity contribution in [2.24, 2.45) is 0 Å². The van der Waals surface area contributed by atoms with Crippen LogP contribution in [0.25, 0.3) is 0 Å². The first-order valence-electron chi connectivity index (χ1n) is 6.31. The molecule has 1 aromatic rings. The van der Waals surface area contributed by atoms with Gasteiger partial charge in [-0.15, -0.1) is 0 Å². The minimum atomic E-state index is -0.486. The summed E-state index contributed by atoms with van der Waals surface area (Å²) in [7, 11) is 0. The van der Waals surface area contributed by atoms with Crippen LogP contribution in [0.15, 0.2) is 18.6 Å². The molecule has 6 heteroatoms. The third kappa shape index (κ3) is 3.89. The predicted octanol–water partition coefficient (Wildman–Crippen LogP) is 1.78. The molecule has 104 valence electrons. The van der Waals surface area contributed by atoms with Crippen LogP contribution in [-0.2, 0) is 9.47 Å². The van der Waals surface area contributed by atoms with Gasteiger partial charge in [0.1, 0.15) is 18.0 Å². The lowest BCUT2D eigenvalue weighted by atomic mass is 10.2. The molecule has 1 unspecified atom stereocenters. The lowest BCUT2D eigenvalue weighted by molar-refractivity contribution is -0.0447. The van der Waals surface area contributed by atoms with Gasteiger partial charge >= 0.3 is 6.09 Å². The molecule has 0 radical (unpaired) electrons. The van der Waals surface area contributed by atoms with Gasteiger partial charge in [-0.25, -0.2) is 14.8 Å². The van der Waals surface area contributed by atoms with Crippen LogP contribution < -0.4 is 0 Å². The molecule has 0 saturated carbocycles. The van der Waals surface area contributed by atoms with Gasteiger partial charge in [0, 0.05) is 12.7 Å². The predicted molar refractivity (Wildman–Crippen MR) is 68.5 cm³/mol. The highest BCUT2D eigenvalue weighted by Crippen LogP contribution is 2.21. The molecular formula is C13H19N3O3. The van der Waals surface area contributed by atoms with Crippen molar-refractivity contribution < 1.29 is 14.3 Å². The number of morpholine rings is 1. The number of nitrogens with zero attached hydrogens (tertiary/aromatic N) is 3. The quantitative estimate of drug-likeness (QED) is 0.774. The molecule has 1 atom stereocenters. The maximum atomic E-state index is 12.0. The first-order valence-corrected chi connectivity index (χ1v) is 6.31. The molecule has 0 aliphatic carbocycles. The van der Waals surface area contributed by atoms with Crippen molar-refractivity contribution in [3.8, 4) is 0 Å². The Labute approximate surface area is 112 Å². The Hall–Kier alpha value is -1.69. The summed E-state index contributed by atoms with van der Waals surface area (Å²) >= 11 is 0. The molecule has 2 rings (SSSR count). The van der Waals surface area contributed by atoms with Gasteiger partial charge in [-0.1, -0.05) is 0 Å². The topological polar surface area (TPSA) is 64.5 Å². The molecule has 0 N–H and O–H groups in total. The van der Waals surface area contributed by atoms with Crippen LogP contribution in [0, 0.1) is 0 Å². The molecule has 19 heavy (non-hydrogen) atoms. The van der Waals surface area contributed by atoms with E-state index in [1.807, 2.05) is 20.8 Å². The summed E-state index contributed by atoms with van der Waals surface area (Å²) in [6, 6.07) is 1.79. The summed E-state index contributed by atoms with van der Waals surface area (Å²) < 4.78 is 11.0. The lowest BCUT2D eigenvalue weighted by Gasteiger charge is -2.33. The van der Waals surface area contributed by atoms with Gasteiger partial charge in [0.05, 0.1) is 18.8 Å². The van der Waals surface area contributed by atoms with Gasteiger partial charge < -0.3 is 14.4 Å². The van der Waals surface area contributed by atoms with Crippen LogP contribution in [0.5, 0.6) is 0 Å². The monoisotopic (exact) mass is 265 g/mol. The summed E-state index contributed by atoms with van der Waals surface area (Å²) in [6.07, 6.45) is 2.61. The van der Waals surface area contributed by atoms with E-state index in [4.69, 9.17) is 9.47 Å². The number of hydrogen-bond donors (Lipinski definition) is 0. The fourth-order valence-corrected chi connectivity index (χ4v) is 1.81. The minimum Gasteiger partial charge on any atom is -0.444 e. The Morgan fingerprint density at radius 3 is 2.95 bits per heavy atom. The second-order valence-corrected chi connectivity index (χ2v) is 5.42. The Kier molecular flexibility index (Phi) is 3.99. The molecule has 0 spiro atoms. The Morgan fingerprint density at radius 2 is 2.32 bits per heavy atom. The van der Waals surface area contributed by atoms with E-state index in [9.17, 15) is 4.79 Å². The summed E-state index contributed by atoms with van der Waals surface area (Å²) in [6.45, 7) is 7.03. The number of carbonyl (C=O) groups excluding carboxylic acids is 1. The second-order valence-electron chi connectivity index (χ2n) is 5.42. The maximum absolute atomic E-state index is 12.0. The molecule has 6 nitrogen and oxygen atoms in total. The number of amides is 1. The summed E-state index contributed by atoms with van der Waals surface area (Å²) in [5.41, 5.74) is 0.294. The number of ether oxygens (including phenoxy) is 2. The SMILES string of the molecule is CC(C)(C)OC(=O)N1CCOC(c2ccncn2)C1. The highest BCUT2D eigenvalue weighted by atomic mass is 16.6. The number of carbonyl (C=O) groups is 1. The Balaban J connectivity index is 2.00. The first-order chi connectivity index (χ1) is 8.96. The van der Waals surface area contributed by atoms with Gasteiger partial charge in [0.2, 0.25) is 0 Å². The van der Waals surface area contributed by atoms with Crippen molar-refractivity contribution >= 4 is 6.09 Å². The third-order valence-corrected chi connectivity index (χ3v) is 2.65. The fraction of sp³-hybridized carbons (Fsp3) is 0.615. The number of hydrogen-bond acceptors (Lipinski definition) is 5. The van der Waals surface area contributed by atoms with E-state index in [2.05, 4.69) is 9.97 Å². The molecule has 1 aliphatic rings. The van der Waals surface area contributed by atoms with Crippen LogP contribution in [-0.4, -0.2) is 46.3 Å². The average molecular weight is 265 g/mol. The van der Waals surface area contributed by atoms with E-state index < -0.39 is 5.60 Å². The van der Waals surface area contributed by atoms with Gasteiger partial charge in [-0.3, -0.25) is 0 Å². The van der Waals surface area contributed by atoms with E-state index >= 15 is 0 Å². The molecular weight excluding hydrogens is 246 g/mol. The van der Waals surface area contributed by atoms with Crippen LogP contribution in [0.4, 0.5) is 4.79 Å². The van der Waals surface area contributed by atoms with E-state index in [1.165, 1.54) is 6.33 Å². The van der Waals surface area contributed by atoms with E-state index in [-0.39, 0.29) is 12.2 Å². The van der Waals surface area contributed by atoms with Gasteiger partial charge in [-0.2, -0.15) is 0 Å². The Morgan fingerprint density at radius 1 is 1.53 bits per heavy atom. The van der Waals surface area contributed by atoms with Crippen molar-refractivity contribution in [3.05, 3.63) is 24.3 Å². The van der Waals surface area contributed by atoms with Gasteiger partial charge in [-0.05, 0) is 26.8 Å². The second kappa shape index (κ2) is 5.52. The zero-order chi connectivity index (χ0) is 13.9. The first kappa shape index (κ1) is 13.7. The molecule has 0 bridgehead atoms. The van der Waals surface area contributed by atoms with Crippen molar-refractivity contribution in [1.82, 2.24) is 14.9 Å². The van der Waals surface area contributed by atoms with E-state index in [0.29, 0.717) is 19.7 Å². The Bertz CT molecular complexity index is 431. The zero-order valence-electron chi connectivity index (χ0n) is 11.5. The third-order valence-electron chi connectivity index (χ3n) is 2.65. The largest absolute Gasteiger partial charge is 0.444 e. The highest BCUT2D eigenvalue weighted by molar-refractivity contribution is 5.68. The average Bonchev–Trinajstić information content (AvgIpc) is 2.38. The zero-order valence-corrected chi connectivity index (χ0v) is 11.5. The molecule has 2 heterocycles. The molecule has 1 fully saturated rings. The van der Waals surface area contributed by atoms with Gasteiger partial charge in [0.25, 0.3) is 0 Å². The fourth-order valence-electron chi connectivity index (χ4n) is 1.81. The molecule has 1 aromatic heterocycles. The number of aromatic nitrogens is 2. The van der Waals surface area contributed by atoms with E-state index in [0.717, 1.165) is 5.69 Å². The summed E-state index contributed by atoms with van der Waals surface area (Å²) in [5, 5.41) is 0. The highest BCUT2D eigenvalue weighted by Gasteiger charge is 2.29. The minimum absolute atomic E-state index is 0.218. The molecule has 0 aromatic carbocycles. The number of rotatable bonds is 1. The standard InChI is InChI=1S/C13H19N3O3/c1-13(2,3)19-12(17)16-6-7-18-11(8-16)10-4-5-14-9-15-10/h4-5,9,11H,6-8H2,1-3H3. The summed E-state index contributed by atoms with van der Waals surface area (Å²) in [4.78, 5) is 21.7. The van der Waals surface area contributed by atoms with Crippen molar-refractivity contribution in [1.29, 1.82) is 0 Å². The smallest absolute Gasteiger partial charge is 0.410 e. The van der Waals surface area contributed by atoms with Gasteiger partial charge in [0.15, 0.2) is 0 Å². The van der Waals surface area contributed by atoms with Crippen molar-refractivity contribution in [2.75, 3.05) is 19.7 Å². The molecule has 1 aliphatic heterocycles. The molecule has 1 saturated heterocycles. The normalized spacial score (nSPS) is 20.2. The van der Waals surface area contributed by atoms with Crippen molar-refractivity contribution in [3.63, 3.8) is 0 Å². The van der Waals surface area contributed by atoms with Crippen LogP contribution >= 0.6 is 0 Å².